The highest BCUT2D eigenvalue weighted by Crippen LogP contribution is 2.29. The average molecular weight is 171 g/mol. The topological polar surface area (TPSA) is 12.0 Å². The van der Waals surface area contributed by atoms with Crippen molar-refractivity contribution in [1.29, 1.82) is 0 Å². The Morgan fingerprint density at radius 1 is 1.25 bits per heavy atom. The molecule has 1 saturated heterocycles. The minimum Gasteiger partial charge on any atom is -0.313 e. The normalized spacial score (nSPS) is 26.8. The van der Waals surface area contributed by atoms with Crippen molar-refractivity contribution in [2.45, 2.75) is 54.0 Å². The minimum absolute atomic E-state index is 0.537. The first-order chi connectivity index (χ1) is 5.51. The molecule has 1 unspecified atom stereocenters. The van der Waals surface area contributed by atoms with Gasteiger partial charge in [0.15, 0.2) is 0 Å². The lowest BCUT2D eigenvalue weighted by atomic mass is 9.88. The zero-order valence-corrected chi connectivity index (χ0v) is 9.57. The van der Waals surface area contributed by atoms with E-state index in [1.165, 1.54) is 13.0 Å². The second kappa shape index (κ2) is 4.86. The summed E-state index contributed by atoms with van der Waals surface area (Å²) in [7, 11) is 0. The Hall–Kier alpha value is -0.0400. The Labute approximate surface area is 77.9 Å². The molecule has 1 N–H and O–H groups in total. The van der Waals surface area contributed by atoms with Crippen LogP contribution < -0.4 is 5.32 Å². The third-order valence-corrected chi connectivity index (χ3v) is 2.42. The van der Waals surface area contributed by atoms with Gasteiger partial charge in [0.1, 0.15) is 0 Å². The van der Waals surface area contributed by atoms with E-state index in [9.17, 15) is 0 Å². The van der Waals surface area contributed by atoms with Crippen molar-refractivity contribution in [3.63, 3.8) is 0 Å². The molecule has 1 fully saturated rings. The van der Waals surface area contributed by atoms with Crippen LogP contribution in [0.1, 0.15) is 48.0 Å². The molecule has 12 heavy (non-hydrogen) atoms. The number of rotatable bonds is 1. The summed E-state index contributed by atoms with van der Waals surface area (Å²) in [6, 6.07) is 0.759. The van der Waals surface area contributed by atoms with Crippen LogP contribution in [0.2, 0.25) is 0 Å². The molecule has 1 heteroatoms. The van der Waals surface area contributed by atoms with E-state index in [-0.39, 0.29) is 0 Å². The Morgan fingerprint density at radius 3 is 1.92 bits per heavy atom. The van der Waals surface area contributed by atoms with Crippen LogP contribution in [0.15, 0.2) is 0 Å². The molecule has 0 aromatic heterocycles. The van der Waals surface area contributed by atoms with E-state index in [1.54, 1.807) is 0 Å². The molecule has 0 radical (unpaired) electrons. The van der Waals surface area contributed by atoms with E-state index in [0.29, 0.717) is 5.41 Å². The molecule has 1 atom stereocenters. The molecule has 0 aliphatic carbocycles. The Kier molecular flexibility index (Phi) is 4.84. The van der Waals surface area contributed by atoms with Gasteiger partial charge in [-0.2, -0.15) is 0 Å². The maximum absolute atomic E-state index is 3.55. The van der Waals surface area contributed by atoms with Gasteiger partial charge in [0.05, 0.1) is 0 Å². The molecule has 0 spiro atoms. The average Bonchev–Trinajstić information content (AvgIpc) is 2.35. The van der Waals surface area contributed by atoms with Crippen molar-refractivity contribution in [2.24, 2.45) is 11.3 Å². The lowest BCUT2D eigenvalue weighted by Crippen LogP contribution is -2.26. The minimum atomic E-state index is 0.537. The summed E-state index contributed by atoms with van der Waals surface area (Å²) in [4.78, 5) is 0. The molecular formula is C11H25N. The van der Waals surface area contributed by atoms with Crippen LogP contribution >= 0.6 is 0 Å². The summed E-state index contributed by atoms with van der Waals surface area (Å²) >= 11 is 0. The lowest BCUT2D eigenvalue weighted by Gasteiger charge is -2.17. The molecule has 0 aromatic carbocycles. The van der Waals surface area contributed by atoms with Gasteiger partial charge in [-0.25, -0.2) is 0 Å². The maximum atomic E-state index is 3.55. The van der Waals surface area contributed by atoms with Gasteiger partial charge in [-0.3, -0.25) is 0 Å². The highest BCUT2D eigenvalue weighted by atomic mass is 15.0. The smallest absolute Gasteiger partial charge is 0.00958 e. The first kappa shape index (κ1) is 12.0. The van der Waals surface area contributed by atoms with Crippen LogP contribution in [0.5, 0.6) is 0 Å². The predicted octanol–water partition coefficient (Wildman–Crippen LogP) is 3.06. The van der Waals surface area contributed by atoms with Crippen molar-refractivity contribution in [2.75, 3.05) is 6.54 Å². The van der Waals surface area contributed by atoms with Crippen molar-refractivity contribution in [1.82, 2.24) is 5.32 Å². The third kappa shape index (κ3) is 3.57. The van der Waals surface area contributed by atoms with Crippen molar-refractivity contribution in [3.05, 3.63) is 0 Å². The van der Waals surface area contributed by atoms with E-state index in [2.05, 4.69) is 33.0 Å². The van der Waals surface area contributed by atoms with Crippen LogP contribution in [-0.4, -0.2) is 12.6 Å². The van der Waals surface area contributed by atoms with Gasteiger partial charge in [0.25, 0.3) is 0 Å². The summed E-state index contributed by atoms with van der Waals surface area (Å²) in [5.41, 5.74) is 0.537. The van der Waals surface area contributed by atoms with Crippen LogP contribution in [0, 0.1) is 11.3 Å². The van der Waals surface area contributed by atoms with Gasteiger partial charge in [0.2, 0.25) is 0 Å². The van der Waals surface area contributed by atoms with E-state index < -0.39 is 0 Å². The number of hydrogen-bond donors (Lipinski definition) is 1. The van der Waals surface area contributed by atoms with Crippen molar-refractivity contribution in [3.8, 4) is 0 Å². The van der Waals surface area contributed by atoms with Crippen LogP contribution in [0.4, 0.5) is 0 Å². The fourth-order valence-corrected chi connectivity index (χ4v) is 1.62. The molecule has 0 aromatic rings. The van der Waals surface area contributed by atoms with Gasteiger partial charge in [-0.15, -0.1) is 0 Å². The molecule has 1 rings (SSSR count). The Morgan fingerprint density at radius 2 is 1.75 bits per heavy atom. The van der Waals surface area contributed by atoms with Gasteiger partial charge < -0.3 is 5.32 Å². The highest BCUT2D eigenvalue weighted by Gasteiger charge is 2.31. The third-order valence-electron chi connectivity index (χ3n) is 2.42. The summed E-state index contributed by atoms with van der Waals surface area (Å²) in [5.74, 6) is 0.793. The van der Waals surface area contributed by atoms with Crippen molar-refractivity contribution >= 4 is 0 Å². The zero-order valence-electron chi connectivity index (χ0n) is 9.57. The molecule has 1 aliphatic rings. The van der Waals surface area contributed by atoms with E-state index >= 15 is 0 Å². The van der Waals surface area contributed by atoms with Crippen LogP contribution in [0.25, 0.3) is 0 Å². The summed E-state index contributed by atoms with van der Waals surface area (Å²) < 4.78 is 0. The van der Waals surface area contributed by atoms with Gasteiger partial charge in [0, 0.05) is 12.6 Å². The summed E-state index contributed by atoms with van der Waals surface area (Å²) in [6.45, 7) is 14.4. The largest absolute Gasteiger partial charge is 0.313 e. The Balaban J connectivity index is 0.000000561. The molecular weight excluding hydrogens is 146 g/mol. The summed E-state index contributed by atoms with van der Waals surface area (Å²) in [6.07, 6.45) is 1.34. The second-order valence-corrected chi connectivity index (χ2v) is 4.60. The SMILES string of the molecule is CC.CC(C)C1CC(C)(C)CN1. The Bertz CT molecular complexity index is 116. The second-order valence-electron chi connectivity index (χ2n) is 4.60. The van der Waals surface area contributed by atoms with Gasteiger partial charge in [-0.1, -0.05) is 41.5 Å². The van der Waals surface area contributed by atoms with Crippen molar-refractivity contribution < 1.29 is 0 Å². The van der Waals surface area contributed by atoms with Gasteiger partial charge >= 0.3 is 0 Å². The number of hydrogen-bond acceptors (Lipinski definition) is 1. The first-order valence-corrected chi connectivity index (χ1v) is 5.25. The predicted molar refractivity (Wildman–Crippen MR) is 56.4 cm³/mol. The van der Waals surface area contributed by atoms with E-state index in [0.717, 1.165) is 12.0 Å². The highest BCUT2D eigenvalue weighted by molar-refractivity contribution is 4.88. The standard InChI is InChI=1S/C9H19N.C2H6/c1-7(2)8-5-9(3,4)6-10-8;1-2/h7-8,10H,5-6H2,1-4H3;1-2H3. The van der Waals surface area contributed by atoms with E-state index in [4.69, 9.17) is 0 Å². The first-order valence-electron chi connectivity index (χ1n) is 5.25. The molecule has 74 valence electrons. The molecule has 0 saturated carbocycles. The molecule has 1 heterocycles. The van der Waals surface area contributed by atoms with Gasteiger partial charge in [-0.05, 0) is 17.8 Å². The molecule has 0 amide bonds. The molecule has 0 bridgehead atoms. The summed E-state index contributed by atoms with van der Waals surface area (Å²) in [5, 5.41) is 3.55. The van der Waals surface area contributed by atoms with Crippen LogP contribution in [0.3, 0.4) is 0 Å². The fourth-order valence-electron chi connectivity index (χ4n) is 1.62. The van der Waals surface area contributed by atoms with Crippen LogP contribution in [-0.2, 0) is 0 Å². The fraction of sp³-hybridized carbons (Fsp3) is 1.00. The zero-order chi connectivity index (χ0) is 9.78. The maximum Gasteiger partial charge on any atom is 0.00958 e. The molecule has 1 aliphatic heterocycles. The quantitative estimate of drug-likeness (QED) is 0.639. The number of nitrogens with one attached hydrogen (secondary N) is 1. The monoisotopic (exact) mass is 171 g/mol. The van der Waals surface area contributed by atoms with E-state index in [1.807, 2.05) is 13.8 Å². The molecule has 1 nitrogen and oxygen atoms in total. The lowest BCUT2D eigenvalue weighted by molar-refractivity contribution is 0.375.